The third-order valence-electron chi connectivity index (χ3n) is 4.53. The predicted molar refractivity (Wildman–Crippen MR) is 75.6 cm³/mol. The van der Waals surface area contributed by atoms with Crippen LogP contribution in [0, 0.1) is 0 Å². The molecule has 1 aromatic carbocycles. The third-order valence-corrected chi connectivity index (χ3v) is 4.76. The maximum Gasteiger partial charge on any atom is 0.199 e. The van der Waals surface area contributed by atoms with Gasteiger partial charge in [0.05, 0.1) is 0 Å². The van der Waals surface area contributed by atoms with Gasteiger partial charge < -0.3 is 4.42 Å². The smallest absolute Gasteiger partial charge is 0.199 e. The van der Waals surface area contributed by atoms with Gasteiger partial charge in [0, 0.05) is 23.5 Å². The highest BCUT2D eigenvalue weighted by Gasteiger charge is 2.34. The summed E-state index contributed by atoms with van der Waals surface area (Å²) in [5.74, 6) is 1.34. The molecule has 0 bridgehead atoms. The van der Waals surface area contributed by atoms with Crippen LogP contribution in [0.5, 0.6) is 0 Å². The molecule has 19 heavy (non-hydrogen) atoms. The zero-order chi connectivity index (χ0) is 12.8. The van der Waals surface area contributed by atoms with Crippen LogP contribution in [-0.2, 0) is 0 Å². The van der Waals surface area contributed by atoms with Crippen LogP contribution < -0.4 is 0 Å². The van der Waals surface area contributed by atoms with Crippen LogP contribution in [0.1, 0.15) is 37.5 Å². The number of hydrogen-bond donors (Lipinski definition) is 0. The lowest BCUT2D eigenvalue weighted by Gasteiger charge is -2.34. The SMILES string of the molecule is Clc1ccc2oc([C@H]3CCN(C4CCC4)C3)nc2c1. The number of hydrogen-bond acceptors (Lipinski definition) is 3. The molecular weight excluding hydrogens is 260 g/mol. The lowest BCUT2D eigenvalue weighted by atomic mass is 9.92. The second-order valence-corrected chi connectivity index (χ2v) is 6.17. The number of benzene rings is 1. The molecule has 4 heteroatoms. The summed E-state index contributed by atoms with van der Waals surface area (Å²) < 4.78 is 5.89. The van der Waals surface area contributed by atoms with E-state index in [9.17, 15) is 0 Å². The van der Waals surface area contributed by atoms with Crippen LogP contribution in [0.2, 0.25) is 5.02 Å². The molecule has 2 aromatic rings. The highest BCUT2D eigenvalue weighted by atomic mass is 35.5. The fourth-order valence-corrected chi connectivity index (χ4v) is 3.33. The molecule has 0 unspecified atom stereocenters. The van der Waals surface area contributed by atoms with Gasteiger partial charge >= 0.3 is 0 Å². The topological polar surface area (TPSA) is 29.3 Å². The Morgan fingerprint density at radius 2 is 2.16 bits per heavy atom. The zero-order valence-corrected chi connectivity index (χ0v) is 11.6. The minimum absolute atomic E-state index is 0.451. The van der Waals surface area contributed by atoms with Gasteiger partial charge in [0.15, 0.2) is 11.5 Å². The normalized spacial score (nSPS) is 25.0. The van der Waals surface area contributed by atoms with Crippen molar-refractivity contribution in [3.63, 3.8) is 0 Å². The Hall–Kier alpha value is -1.06. The van der Waals surface area contributed by atoms with E-state index in [1.54, 1.807) is 0 Å². The second kappa shape index (κ2) is 4.50. The van der Waals surface area contributed by atoms with Gasteiger partial charge in [-0.1, -0.05) is 18.0 Å². The van der Waals surface area contributed by atoms with Crippen LogP contribution >= 0.6 is 11.6 Å². The maximum atomic E-state index is 5.99. The van der Waals surface area contributed by atoms with Crippen molar-refractivity contribution in [2.45, 2.75) is 37.6 Å². The minimum Gasteiger partial charge on any atom is -0.440 e. The first-order chi connectivity index (χ1) is 9.29. The molecule has 1 saturated heterocycles. The van der Waals surface area contributed by atoms with Crippen molar-refractivity contribution in [1.29, 1.82) is 0 Å². The Bertz CT molecular complexity index is 605. The Morgan fingerprint density at radius 3 is 2.95 bits per heavy atom. The standard InChI is InChI=1S/C15H17ClN2O/c16-11-4-5-14-13(8-11)17-15(19-14)10-6-7-18(9-10)12-2-1-3-12/h4-5,8,10,12H,1-3,6-7,9H2/t10-/m0/s1. The van der Waals surface area contributed by atoms with E-state index in [0.717, 1.165) is 41.0 Å². The van der Waals surface area contributed by atoms with Crippen LogP contribution in [0.4, 0.5) is 0 Å². The van der Waals surface area contributed by atoms with Crippen LogP contribution in [-0.4, -0.2) is 29.0 Å². The summed E-state index contributed by atoms with van der Waals surface area (Å²) in [5, 5.41) is 0.717. The highest BCUT2D eigenvalue weighted by molar-refractivity contribution is 6.31. The molecule has 2 heterocycles. The molecule has 1 aliphatic heterocycles. The molecule has 4 rings (SSSR count). The number of rotatable bonds is 2. The van der Waals surface area contributed by atoms with Crippen molar-refractivity contribution in [2.24, 2.45) is 0 Å². The molecule has 1 saturated carbocycles. The zero-order valence-electron chi connectivity index (χ0n) is 10.8. The Kier molecular flexibility index (Phi) is 2.78. The second-order valence-electron chi connectivity index (χ2n) is 5.73. The Balaban J connectivity index is 1.57. The summed E-state index contributed by atoms with van der Waals surface area (Å²) in [6, 6.07) is 6.47. The van der Waals surface area contributed by atoms with Crippen molar-refractivity contribution in [3.8, 4) is 0 Å². The van der Waals surface area contributed by atoms with Gasteiger partial charge in [-0.25, -0.2) is 4.98 Å². The van der Waals surface area contributed by atoms with E-state index in [0.29, 0.717) is 5.92 Å². The summed E-state index contributed by atoms with van der Waals surface area (Å²) >= 11 is 5.99. The van der Waals surface area contributed by atoms with E-state index in [2.05, 4.69) is 9.88 Å². The molecule has 0 radical (unpaired) electrons. The van der Waals surface area contributed by atoms with Gasteiger partial charge in [0.2, 0.25) is 0 Å². The number of fused-ring (bicyclic) bond motifs is 1. The van der Waals surface area contributed by atoms with Gasteiger partial charge in [-0.2, -0.15) is 0 Å². The average Bonchev–Trinajstić information content (AvgIpc) is 2.92. The first kappa shape index (κ1) is 11.7. The summed E-state index contributed by atoms with van der Waals surface area (Å²) in [5.41, 5.74) is 1.73. The van der Waals surface area contributed by atoms with E-state index in [1.807, 2.05) is 18.2 Å². The van der Waals surface area contributed by atoms with E-state index in [1.165, 1.54) is 25.8 Å². The number of oxazole rings is 1. The molecule has 1 aliphatic carbocycles. The summed E-state index contributed by atoms with van der Waals surface area (Å²) in [6.07, 6.45) is 5.30. The van der Waals surface area contributed by atoms with E-state index in [4.69, 9.17) is 16.0 Å². The Morgan fingerprint density at radius 1 is 1.26 bits per heavy atom. The fourth-order valence-electron chi connectivity index (χ4n) is 3.17. The number of likely N-dealkylation sites (tertiary alicyclic amines) is 1. The molecule has 1 aromatic heterocycles. The molecule has 0 N–H and O–H groups in total. The van der Waals surface area contributed by atoms with Gasteiger partial charge in [-0.3, -0.25) is 4.90 Å². The quantitative estimate of drug-likeness (QED) is 0.835. The molecule has 2 aliphatic rings. The van der Waals surface area contributed by atoms with Gasteiger partial charge in [0.25, 0.3) is 0 Å². The molecular formula is C15H17ClN2O. The molecule has 3 nitrogen and oxygen atoms in total. The molecule has 0 amide bonds. The largest absolute Gasteiger partial charge is 0.440 e. The predicted octanol–water partition coefficient (Wildman–Crippen LogP) is 3.82. The van der Waals surface area contributed by atoms with Crippen LogP contribution in [0.15, 0.2) is 22.6 Å². The molecule has 100 valence electrons. The first-order valence-corrected chi connectivity index (χ1v) is 7.47. The molecule has 1 atom stereocenters. The Labute approximate surface area is 117 Å². The van der Waals surface area contributed by atoms with Crippen LogP contribution in [0.3, 0.4) is 0 Å². The average molecular weight is 277 g/mol. The van der Waals surface area contributed by atoms with Crippen molar-refractivity contribution in [2.75, 3.05) is 13.1 Å². The van der Waals surface area contributed by atoms with Crippen LogP contribution in [0.25, 0.3) is 11.1 Å². The number of nitrogens with zero attached hydrogens (tertiary/aromatic N) is 2. The summed E-state index contributed by atoms with van der Waals surface area (Å²) in [6.45, 7) is 2.29. The van der Waals surface area contributed by atoms with Crippen molar-refractivity contribution in [1.82, 2.24) is 9.88 Å². The molecule has 0 spiro atoms. The highest BCUT2D eigenvalue weighted by Crippen LogP contribution is 2.35. The van der Waals surface area contributed by atoms with E-state index < -0.39 is 0 Å². The lowest BCUT2D eigenvalue weighted by Crippen LogP contribution is -2.38. The van der Waals surface area contributed by atoms with Crippen molar-refractivity contribution < 1.29 is 4.42 Å². The van der Waals surface area contributed by atoms with Gasteiger partial charge in [0.1, 0.15) is 5.52 Å². The maximum absolute atomic E-state index is 5.99. The van der Waals surface area contributed by atoms with E-state index >= 15 is 0 Å². The minimum atomic E-state index is 0.451. The summed E-state index contributed by atoms with van der Waals surface area (Å²) in [7, 11) is 0. The molecule has 2 fully saturated rings. The van der Waals surface area contributed by atoms with Gasteiger partial charge in [-0.05, 0) is 44.0 Å². The van der Waals surface area contributed by atoms with E-state index in [-0.39, 0.29) is 0 Å². The number of aromatic nitrogens is 1. The third kappa shape index (κ3) is 2.05. The van der Waals surface area contributed by atoms with Gasteiger partial charge in [-0.15, -0.1) is 0 Å². The monoisotopic (exact) mass is 276 g/mol. The summed E-state index contributed by atoms with van der Waals surface area (Å²) in [4.78, 5) is 7.22. The van der Waals surface area contributed by atoms with Crippen molar-refractivity contribution in [3.05, 3.63) is 29.1 Å². The fraction of sp³-hybridized carbons (Fsp3) is 0.533. The first-order valence-electron chi connectivity index (χ1n) is 7.09. The van der Waals surface area contributed by atoms with Crippen molar-refractivity contribution >= 4 is 22.7 Å². The lowest BCUT2D eigenvalue weighted by molar-refractivity contribution is 0.156. The number of halogens is 1.